The lowest BCUT2D eigenvalue weighted by Gasteiger charge is -2.36. The van der Waals surface area contributed by atoms with Crippen molar-refractivity contribution in [2.75, 3.05) is 44.2 Å². The molecule has 1 N–H and O–H groups in total. The molecule has 1 aliphatic heterocycles. The van der Waals surface area contributed by atoms with Crippen molar-refractivity contribution >= 4 is 11.6 Å². The predicted octanol–water partition coefficient (Wildman–Crippen LogP) is 3.51. The van der Waals surface area contributed by atoms with Crippen molar-refractivity contribution in [3.63, 3.8) is 0 Å². The van der Waals surface area contributed by atoms with Gasteiger partial charge < -0.3 is 10.2 Å². The Balaban J connectivity index is 1.35. The van der Waals surface area contributed by atoms with E-state index in [2.05, 4.69) is 52.4 Å². The van der Waals surface area contributed by atoms with E-state index in [1.807, 2.05) is 30.3 Å². The Bertz CT molecular complexity index is 681. The van der Waals surface area contributed by atoms with Gasteiger partial charge in [-0.05, 0) is 37.1 Å². The molecule has 0 spiro atoms. The van der Waals surface area contributed by atoms with E-state index in [4.69, 9.17) is 0 Å². The number of carbonyl (C=O) groups is 1. The summed E-state index contributed by atoms with van der Waals surface area (Å²) in [5.74, 6) is 0.109. The minimum atomic E-state index is -0.0411. The minimum absolute atomic E-state index is 0.0411. The minimum Gasteiger partial charge on any atom is -0.369 e. The third-order valence-corrected chi connectivity index (χ3v) is 5.37. The molecule has 144 valence electrons. The first-order valence-corrected chi connectivity index (χ1v) is 10.1. The summed E-state index contributed by atoms with van der Waals surface area (Å²) in [5, 5.41) is 3.13. The molecule has 1 fully saturated rings. The molecular weight excluding hydrogens is 334 g/mol. The Labute approximate surface area is 163 Å². The molecule has 1 amide bonds. The molecule has 0 radical (unpaired) electrons. The van der Waals surface area contributed by atoms with Gasteiger partial charge in [0.1, 0.15) is 0 Å². The maximum Gasteiger partial charge on any atom is 0.227 e. The second-order valence-corrected chi connectivity index (χ2v) is 7.18. The van der Waals surface area contributed by atoms with E-state index in [0.717, 1.165) is 57.7 Å². The highest BCUT2D eigenvalue weighted by Crippen LogP contribution is 2.19. The lowest BCUT2D eigenvalue weighted by molar-refractivity contribution is -0.122. The molecule has 1 aliphatic rings. The summed E-state index contributed by atoms with van der Waals surface area (Å²) in [6.07, 6.45) is 1.83. The fourth-order valence-electron chi connectivity index (χ4n) is 3.76. The van der Waals surface area contributed by atoms with Crippen LogP contribution in [0.15, 0.2) is 60.7 Å². The number of rotatable bonds is 8. The van der Waals surface area contributed by atoms with Gasteiger partial charge in [-0.25, -0.2) is 0 Å². The fraction of sp³-hybridized carbons (Fsp3) is 0.435. The first-order valence-electron chi connectivity index (χ1n) is 10.1. The monoisotopic (exact) mass is 365 g/mol. The summed E-state index contributed by atoms with van der Waals surface area (Å²) in [4.78, 5) is 17.4. The Morgan fingerprint density at radius 2 is 1.59 bits per heavy atom. The molecule has 1 unspecified atom stereocenters. The second kappa shape index (κ2) is 10.1. The predicted molar refractivity (Wildman–Crippen MR) is 112 cm³/mol. The second-order valence-electron chi connectivity index (χ2n) is 7.18. The lowest BCUT2D eigenvalue weighted by atomic mass is 9.96. The van der Waals surface area contributed by atoms with Gasteiger partial charge in [-0.2, -0.15) is 0 Å². The number of carbonyl (C=O) groups excluding carboxylic acids is 1. The number of hydrogen-bond donors (Lipinski definition) is 1. The molecule has 0 bridgehead atoms. The summed E-state index contributed by atoms with van der Waals surface area (Å²) in [7, 11) is 0. The molecule has 27 heavy (non-hydrogen) atoms. The fourth-order valence-corrected chi connectivity index (χ4v) is 3.76. The highest BCUT2D eigenvalue weighted by molar-refractivity contribution is 5.83. The molecule has 1 saturated heterocycles. The Kier molecular flexibility index (Phi) is 7.28. The Morgan fingerprint density at radius 1 is 0.963 bits per heavy atom. The van der Waals surface area contributed by atoms with Crippen molar-refractivity contribution < 1.29 is 4.79 Å². The number of hydrogen-bond acceptors (Lipinski definition) is 3. The van der Waals surface area contributed by atoms with Gasteiger partial charge in [-0.15, -0.1) is 0 Å². The van der Waals surface area contributed by atoms with Crippen LogP contribution in [0.4, 0.5) is 5.69 Å². The summed E-state index contributed by atoms with van der Waals surface area (Å²) in [5.41, 5.74) is 2.42. The standard InChI is InChI=1S/C23H31N3O/c1-2-22(20-10-5-3-6-11-20)23(27)24-14-9-15-25-16-18-26(19-17-25)21-12-7-4-8-13-21/h3-8,10-13,22H,2,9,14-19H2,1H3,(H,24,27). The van der Waals surface area contributed by atoms with Gasteiger partial charge >= 0.3 is 0 Å². The number of nitrogens with one attached hydrogen (secondary N) is 1. The maximum atomic E-state index is 12.5. The third-order valence-electron chi connectivity index (χ3n) is 5.37. The molecule has 1 heterocycles. The zero-order chi connectivity index (χ0) is 18.9. The van der Waals surface area contributed by atoms with E-state index in [0.29, 0.717) is 0 Å². The summed E-state index contributed by atoms with van der Waals surface area (Å²) in [6, 6.07) is 20.7. The number of piperazine rings is 1. The zero-order valence-electron chi connectivity index (χ0n) is 16.3. The van der Waals surface area contributed by atoms with E-state index in [-0.39, 0.29) is 11.8 Å². The molecule has 4 nitrogen and oxygen atoms in total. The number of nitrogens with zero attached hydrogens (tertiary/aromatic N) is 2. The highest BCUT2D eigenvalue weighted by atomic mass is 16.1. The summed E-state index contributed by atoms with van der Waals surface area (Å²) >= 11 is 0. The number of para-hydroxylation sites is 1. The normalized spacial score (nSPS) is 16.1. The first kappa shape index (κ1) is 19.4. The van der Waals surface area contributed by atoms with Gasteiger partial charge in [0, 0.05) is 38.4 Å². The molecule has 2 aromatic rings. The zero-order valence-corrected chi connectivity index (χ0v) is 16.3. The van der Waals surface area contributed by atoms with E-state index >= 15 is 0 Å². The van der Waals surface area contributed by atoms with Gasteiger partial charge in [0.2, 0.25) is 5.91 Å². The van der Waals surface area contributed by atoms with E-state index in [1.54, 1.807) is 0 Å². The molecule has 3 rings (SSSR count). The smallest absolute Gasteiger partial charge is 0.227 e. The topological polar surface area (TPSA) is 35.6 Å². The molecule has 0 saturated carbocycles. The van der Waals surface area contributed by atoms with Crippen molar-refractivity contribution in [2.24, 2.45) is 0 Å². The van der Waals surface area contributed by atoms with E-state index in [1.165, 1.54) is 5.69 Å². The molecule has 1 atom stereocenters. The number of anilines is 1. The van der Waals surface area contributed by atoms with Gasteiger partial charge in [0.15, 0.2) is 0 Å². The van der Waals surface area contributed by atoms with Crippen LogP contribution in [0.5, 0.6) is 0 Å². The SMILES string of the molecule is CCC(C(=O)NCCCN1CCN(c2ccccc2)CC1)c1ccccc1. The quantitative estimate of drug-likeness (QED) is 0.727. The number of amides is 1. The van der Waals surface area contributed by atoms with Crippen molar-refractivity contribution in [1.82, 2.24) is 10.2 Å². The molecule has 0 aliphatic carbocycles. The van der Waals surface area contributed by atoms with Crippen LogP contribution in [-0.2, 0) is 4.79 Å². The Hall–Kier alpha value is -2.33. The molecule has 0 aromatic heterocycles. The van der Waals surface area contributed by atoms with Crippen LogP contribution in [0, 0.1) is 0 Å². The Morgan fingerprint density at radius 3 is 2.22 bits per heavy atom. The highest BCUT2D eigenvalue weighted by Gasteiger charge is 2.19. The van der Waals surface area contributed by atoms with E-state index in [9.17, 15) is 4.79 Å². The first-order chi connectivity index (χ1) is 13.3. The van der Waals surface area contributed by atoms with Gasteiger partial charge in [0.25, 0.3) is 0 Å². The maximum absolute atomic E-state index is 12.5. The van der Waals surface area contributed by atoms with Crippen molar-refractivity contribution in [3.8, 4) is 0 Å². The van der Waals surface area contributed by atoms with Crippen LogP contribution >= 0.6 is 0 Å². The van der Waals surface area contributed by atoms with Gasteiger partial charge in [0.05, 0.1) is 5.92 Å². The van der Waals surface area contributed by atoms with Crippen LogP contribution in [-0.4, -0.2) is 50.1 Å². The number of benzene rings is 2. The molecule has 4 heteroatoms. The van der Waals surface area contributed by atoms with Crippen molar-refractivity contribution in [3.05, 3.63) is 66.2 Å². The van der Waals surface area contributed by atoms with Gasteiger partial charge in [-0.1, -0.05) is 55.5 Å². The lowest BCUT2D eigenvalue weighted by Crippen LogP contribution is -2.47. The van der Waals surface area contributed by atoms with Crippen LogP contribution in [0.3, 0.4) is 0 Å². The van der Waals surface area contributed by atoms with Crippen molar-refractivity contribution in [1.29, 1.82) is 0 Å². The van der Waals surface area contributed by atoms with Crippen molar-refractivity contribution in [2.45, 2.75) is 25.7 Å². The third kappa shape index (κ3) is 5.57. The van der Waals surface area contributed by atoms with Gasteiger partial charge in [-0.3, -0.25) is 9.69 Å². The van der Waals surface area contributed by atoms with Crippen LogP contribution in [0.2, 0.25) is 0 Å². The van der Waals surface area contributed by atoms with Crippen LogP contribution in [0.25, 0.3) is 0 Å². The average molecular weight is 366 g/mol. The largest absolute Gasteiger partial charge is 0.369 e. The summed E-state index contributed by atoms with van der Waals surface area (Å²) in [6.45, 7) is 8.19. The average Bonchev–Trinajstić information content (AvgIpc) is 2.74. The van der Waals surface area contributed by atoms with Crippen LogP contribution in [0.1, 0.15) is 31.2 Å². The molecule has 2 aromatic carbocycles. The van der Waals surface area contributed by atoms with Crippen LogP contribution < -0.4 is 10.2 Å². The molecular formula is C23H31N3O. The summed E-state index contributed by atoms with van der Waals surface area (Å²) < 4.78 is 0. The van der Waals surface area contributed by atoms with E-state index < -0.39 is 0 Å².